The fourth-order valence-electron chi connectivity index (χ4n) is 1.86. The molecule has 0 bridgehead atoms. The van der Waals surface area contributed by atoms with Crippen LogP contribution in [-0.2, 0) is 6.54 Å². The van der Waals surface area contributed by atoms with Crippen LogP contribution in [-0.4, -0.2) is 29.5 Å². The lowest BCUT2D eigenvalue weighted by atomic mass is 10.1. The van der Waals surface area contributed by atoms with Crippen molar-refractivity contribution in [2.45, 2.75) is 6.54 Å². The van der Waals surface area contributed by atoms with E-state index in [4.69, 9.17) is 5.26 Å². The molecule has 0 unspecified atom stereocenters. The Balaban J connectivity index is 2.18. The number of hydrogen-bond donors (Lipinski definition) is 0. The van der Waals surface area contributed by atoms with Gasteiger partial charge in [-0.1, -0.05) is 12.1 Å². The molecule has 0 N–H and O–H groups in total. The first-order valence-corrected chi connectivity index (χ1v) is 5.96. The summed E-state index contributed by atoms with van der Waals surface area (Å²) in [5.41, 5.74) is 2.26. The smallest absolute Gasteiger partial charge is 0.261 e. The van der Waals surface area contributed by atoms with Gasteiger partial charge < -0.3 is 4.90 Å². The molecule has 0 amide bonds. The summed E-state index contributed by atoms with van der Waals surface area (Å²) in [6.07, 6.45) is 3.14. The van der Waals surface area contributed by atoms with Gasteiger partial charge in [-0.3, -0.25) is 9.36 Å². The SMILES string of the molecule is CN(C)Cc1ccc(C(=O)n2ccc(C#N)c2)cc1. The lowest BCUT2D eigenvalue weighted by Gasteiger charge is -2.09. The molecule has 4 heteroatoms. The van der Waals surface area contributed by atoms with Gasteiger partial charge in [-0.05, 0) is 37.9 Å². The Hall–Kier alpha value is -2.38. The Bertz CT molecular complexity index is 618. The Morgan fingerprint density at radius 2 is 1.95 bits per heavy atom. The minimum absolute atomic E-state index is 0.127. The summed E-state index contributed by atoms with van der Waals surface area (Å²) in [7, 11) is 4.00. The number of benzene rings is 1. The third-order valence-electron chi connectivity index (χ3n) is 2.76. The van der Waals surface area contributed by atoms with Crippen molar-refractivity contribution >= 4 is 5.91 Å². The number of carbonyl (C=O) groups excluding carboxylic acids is 1. The van der Waals surface area contributed by atoms with E-state index in [9.17, 15) is 4.79 Å². The van der Waals surface area contributed by atoms with Gasteiger partial charge >= 0.3 is 0 Å². The Morgan fingerprint density at radius 1 is 1.26 bits per heavy atom. The minimum atomic E-state index is -0.127. The molecule has 0 radical (unpaired) electrons. The lowest BCUT2D eigenvalue weighted by molar-refractivity contribution is 0.0960. The number of nitriles is 1. The van der Waals surface area contributed by atoms with Crippen LogP contribution in [0.25, 0.3) is 0 Å². The van der Waals surface area contributed by atoms with Gasteiger partial charge in [0.15, 0.2) is 0 Å². The van der Waals surface area contributed by atoms with Crippen molar-refractivity contribution in [3.05, 3.63) is 59.4 Å². The highest BCUT2D eigenvalue weighted by atomic mass is 16.2. The molecule has 0 aliphatic rings. The second-order valence-electron chi connectivity index (χ2n) is 4.66. The molecule has 0 saturated carbocycles. The summed E-state index contributed by atoms with van der Waals surface area (Å²) in [6, 6.07) is 11.1. The van der Waals surface area contributed by atoms with Crippen LogP contribution < -0.4 is 0 Å². The van der Waals surface area contributed by atoms with E-state index >= 15 is 0 Å². The Kier molecular flexibility index (Phi) is 3.79. The van der Waals surface area contributed by atoms with Crippen LogP contribution in [0.2, 0.25) is 0 Å². The molecule has 0 spiro atoms. The number of hydrogen-bond acceptors (Lipinski definition) is 3. The van der Waals surface area contributed by atoms with Crippen LogP contribution in [0.4, 0.5) is 0 Å². The second kappa shape index (κ2) is 5.51. The minimum Gasteiger partial charge on any atom is -0.305 e. The fourth-order valence-corrected chi connectivity index (χ4v) is 1.86. The van der Waals surface area contributed by atoms with Crippen LogP contribution in [0.1, 0.15) is 21.5 Å². The van der Waals surface area contributed by atoms with Crippen LogP contribution in [0.15, 0.2) is 42.7 Å². The molecule has 2 rings (SSSR count). The molecule has 96 valence electrons. The number of nitrogens with zero attached hydrogens (tertiary/aromatic N) is 3. The van der Waals surface area contributed by atoms with Crippen molar-refractivity contribution in [2.75, 3.05) is 14.1 Å². The maximum Gasteiger partial charge on any atom is 0.261 e. The molecule has 0 saturated heterocycles. The number of aromatic nitrogens is 1. The molecule has 1 aromatic carbocycles. The van der Waals surface area contributed by atoms with E-state index in [2.05, 4.69) is 4.90 Å². The molecule has 0 aliphatic carbocycles. The van der Waals surface area contributed by atoms with Gasteiger partial charge in [0.25, 0.3) is 5.91 Å². The fraction of sp³-hybridized carbons (Fsp3) is 0.200. The first-order chi connectivity index (χ1) is 9.10. The van der Waals surface area contributed by atoms with Crippen molar-refractivity contribution in [3.63, 3.8) is 0 Å². The summed E-state index contributed by atoms with van der Waals surface area (Å²) in [4.78, 5) is 14.2. The van der Waals surface area contributed by atoms with Gasteiger partial charge in [0.05, 0.1) is 5.56 Å². The van der Waals surface area contributed by atoms with Crippen molar-refractivity contribution < 1.29 is 4.79 Å². The van der Waals surface area contributed by atoms with E-state index in [1.165, 1.54) is 10.8 Å². The zero-order valence-electron chi connectivity index (χ0n) is 11.0. The maximum absolute atomic E-state index is 12.2. The highest BCUT2D eigenvalue weighted by Gasteiger charge is 2.08. The van der Waals surface area contributed by atoms with Crippen LogP contribution in [0.5, 0.6) is 0 Å². The van der Waals surface area contributed by atoms with Crippen molar-refractivity contribution in [2.24, 2.45) is 0 Å². The highest BCUT2D eigenvalue weighted by Crippen LogP contribution is 2.09. The zero-order valence-corrected chi connectivity index (χ0v) is 11.0. The van der Waals surface area contributed by atoms with Crippen molar-refractivity contribution in [3.8, 4) is 6.07 Å². The van der Waals surface area contributed by atoms with Crippen molar-refractivity contribution in [1.82, 2.24) is 9.47 Å². The molecule has 1 heterocycles. The molecule has 19 heavy (non-hydrogen) atoms. The largest absolute Gasteiger partial charge is 0.305 e. The van der Waals surface area contributed by atoms with Crippen LogP contribution >= 0.6 is 0 Å². The van der Waals surface area contributed by atoms with Gasteiger partial charge in [-0.25, -0.2) is 0 Å². The monoisotopic (exact) mass is 253 g/mol. The maximum atomic E-state index is 12.2. The van der Waals surface area contributed by atoms with Crippen molar-refractivity contribution in [1.29, 1.82) is 5.26 Å². The first kappa shape index (κ1) is 13.1. The molecule has 0 fully saturated rings. The van der Waals surface area contributed by atoms with Gasteiger partial charge in [0.2, 0.25) is 0 Å². The summed E-state index contributed by atoms with van der Waals surface area (Å²) >= 11 is 0. The second-order valence-corrected chi connectivity index (χ2v) is 4.66. The zero-order chi connectivity index (χ0) is 13.8. The summed E-state index contributed by atoms with van der Waals surface area (Å²) in [5.74, 6) is -0.127. The van der Waals surface area contributed by atoms with E-state index in [1.807, 2.05) is 44.4 Å². The van der Waals surface area contributed by atoms with E-state index in [0.29, 0.717) is 11.1 Å². The molecule has 4 nitrogen and oxygen atoms in total. The van der Waals surface area contributed by atoms with E-state index in [-0.39, 0.29) is 5.91 Å². The van der Waals surface area contributed by atoms with Crippen LogP contribution in [0.3, 0.4) is 0 Å². The first-order valence-electron chi connectivity index (χ1n) is 5.96. The standard InChI is InChI=1S/C15H15N3O/c1-17(2)10-12-3-5-14(6-4-12)15(19)18-8-7-13(9-16)11-18/h3-8,11H,10H2,1-2H3. The van der Waals surface area contributed by atoms with Gasteiger partial charge in [-0.15, -0.1) is 0 Å². The third-order valence-corrected chi connectivity index (χ3v) is 2.76. The van der Waals surface area contributed by atoms with E-state index in [0.717, 1.165) is 12.1 Å². The topological polar surface area (TPSA) is 49.0 Å². The van der Waals surface area contributed by atoms with Gasteiger partial charge in [0, 0.05) is 24.5 Å². The van der Waals surface area contributed by atoms with E-state index in [1.54, 1.807) is 12.3 Å². The van der Waals surface area contributed by atoms with Gasteiger partial charge in [0.1, 0.15) is 6.07 Å². The summed E-state index contributed by atoms with van der Waals surface area (Å²) < 4.78 is 1.43. The number of carbonyl (C=O) groups is 1. The molecule has 0 atom stereocenters. The predicted octanol–water partition coefficient (Wildman–Crippen LogP) is 2.11. The van der Waals surface area contributed by atoms with Gasteiger partial charge in [-0.2, -0.15) is 5.26 Å². The lowest BCUT2D eigenvalue weighted by Crippen LogP contribution is -2.12. The average molecular weight is 253 g/mol. The number of rotatable bonds is 3. The molecule has 2 aromatic rings. The molecule has 0 aliphatic heterocycles. The summed E-state index contributed by atoms with van der Waals surface area (Å²) in [5, 5.41) is 8.74. The predicted molar refractivity (Wildman–Crippen MR) is 72.7 cm³/mol. The van der Waals surface area contributed by atoms with Crippen LogP contribution in [0, 0.1) is 11.3 Å². The quantitative estimate of drug-likeness (QED) is 0.841. The van der Waals surface area contributed by atoms with E-state index < -0.39 is 0 Å². The Morgan fingerprint density at radius 3 is 2.47 bits per heavy atom. The average Bonchev–Trinajstić information content (AvgIpc) is 2.87. The summed E-state index contributed by atoms with van der Waals surface area (Å²) in [6.45, 7) is 0.844. The highest BCUT2D eigenvalue weighted by molar-refractivity contribution is 5.96. The Labute approximate surface area is 112 Å². The molecular formula is C15H15N3O. The normalized spacial score (nSPS) is 10.4. The molecule has 1 aromatic heterocycles. The molecular weight excluding hydrogens is 238 g/mol. The third kappa shape index (κ3) is 3.09.